The summed E-state index contributed by atoms with van der Waals surface area (Å²) in [5.41, 5.74) is 0.898. The molecule has 0 spiro atoms. The second-order valence-corrected chi connectivity index (χ2v) is 20.2. The summed E-state index contributed by atoms with van der Waals surface area (Å²) in [7, 11) is -4.48. The van der Waals surface area contributed by atoms with Gasteiger partial charge >= 0.3 is 6.03 Å². The van der Waals surface area contributed by atoms with Gasteiger partial charge in [0.05, 0.1) is 23.1 Å². The van der Waals surface area contributed by atoms with Crippen LogP contribution in [0.3, 0.4) is 0 Å². The van der Waals surface area contributed by atoms with Crippen molar-refractivity contribution in [3.8, 4) is 5.75 Å². The van der Waals surface area contributed by atoms with E-state index in [1.807, 2.05) is 19.1 Å². The Morgan fingerprint density at radius 3 is 2.55 bits per heavy atom. The van der Waals surface area contributed by atoms with Gasteiger partial charge < -0.3 is 14.4 Å². The molecule has 1 atom stereocenters. The zero-order chi connectivity index (χ0) is 27.9. The Balaban J connectivity index is 1.35. The summed E-state index contributed by atoms with van der Waals surface area (Å²) in [6, 6.07) is 6.15. The minimum absolute atomic E-state index is 0.00314. The fraction of sp³-hybridized carbons (Fsp3) is 0.704. The normalized spacial score (nSPS) is 17.4. The molecule has 1 aromatic carbocycles. The Hall–Kier alpha value is -1.62. The van der Waals surface area contributed by atoms with E-state index < -0.39 is 17.9 Å². The summed E-state index contributed by atoms with van der Waals surface area (Å²) in [5.74, 6) is 0.958. The molecule has 0 aromatic heterocycles. The Labute approximate surface area is 233 Å². The van der Waals surface area contributed by atoms with Crippen LogP contribution in [-0.2, 0) is 19.4 Å². The van der Waals surface area contributed by atoms with Gasteiger partial charge in [0.1, 0.15) is 19.0 Å². The second-order valence-electron chi connectivity index (χ2n) is 11.9. The van der Waals surface area contributed by atoms with Gasteiger partial charge in [-0.15, -0.1) is 0 Å². The van der Waals surface area contributed by atoms with Gasteiger partial charge in [-0.05, 0) is 61.3 Å². The van der Waals surface area contributed by atoms with Crippen LogP contribution in [0.5, 0.6) is 5.75 Å². The van der Waals surface area contributed by atoms with Crippen molar-refractivity contribution in [1.29, 1.82) is 0 Å². The van der Waals surface area contributed by atoms with Gasteiger partial charge in [0, 0.05) is 21.2 Å². The van der Waals surface area contributed by atoms with Crippen molar-refractivity contribution in [2.75, 3.05) is 44.5 Å². The van der Waals surface area contributed by atoms with E-state index in [1.165, 1.54) is 17.7 Å². The molecule has 11 heteroatoms. The molecule has 0 N–H and O–H groups in total. The molecule has 214 valence electrons. The first kappa shape index (κ1) is 30.9. The van der Waals surface area contributed by atoms with Gasteiger partial charge in [0.15, 0.2) is 9.84 Å². The van der Waals surface area contributed by atoms with Crippen LogP contribution in [0.4, 0.5) is 4.79 Å². The molecule has 1 heterocycles. The van der Waals surface area contributed by atoms with Crippen LogP contribution in [0, 0.1) is 5.92 Å². The zero-order valence-corrected chi connectivity index (χ0v) is 25.8. The van der Waals surface area contributed by atoms with Crippen LogP contribution >= 0.6 is 11.6 Å². The highest BCUT2D eigenvalue weighted by molar-refractivity contribution is 7.91. The van der Waals surface area contributed by atoms with E-state index in [2.05, 4.69) is 19.6 Å². The fourth-order valence-electron chi connectivity index (χ4n) is 4.22. The van der Waals surface area contributed by atoms with E-state index in [1.54, 1.807) is 6.07 Å². The minimum Gasteiger partial charge on any atom is -0.492 e. The Morgan fingerprint density at radius 2 is 1.87 bits per heavy atom. The molecule has 1 aromatic rings. The van der Waals surface area contributed by atoms with Gasteiger partial charge in [-0.3, -0.25) is 4.79 Å². The lowest BCUT2D eigenvalue weighted by Crippen LogP contribution is -2.35. The second kappa shape index (κ2) is 13.6. The lowest BCUT2D eigenvalue weighted by Gasteiger charge is -2.19. The van der Waals surface area contributed by atoms with Crippen molar-refractivity contribution in [1.82, 2.24) is 9.80 Å². The number of urea groups is 1. The monoisotopic (exact) mass is 586 g/mol. The number of benzene rings is 1. The summed E-state index contributed by atoms with van der Waals surface area (Å²) < 4.78 is 36.9. The molecule has 1 aliphatic heterocycles. The molecule has 0 bridgehead atoms. The zero-order valence-electron chi connectivity index (χ0n) is 23.2. The van der Waals surface area contributed by atoms with Crippen LogP contribution in [0.25, 0.3) is 0 Å². The van der Waals surface area contributed by atoms with Gasteiger partial charge in [0.2, 0.25) is 0 Å². The number of imide groups is 1. The smallest absolute Gasteiger partial charge is 0.329 e. The predicted octanol–water partition coefficient (Wildman–Crippen LogP) is 5.39. The minimum atomic E-state index is -3.25. The third-order valence-corrected chi connectivity index (χ3v) is 10.9. The molecule has 1 saturated heterocycles. The Kier molecular flexibility index (Phi) is 11.1. The topological polar surface area (TPSA) is 93.2 Å². The molecule has 1 saturated carbocycles. The highest BCUT2D eigenvalue weighted by Crippen LogP contribution is 2.33. The van der Waals surface area contributed by atoms with Gasteiger partial charge in [-0.2, -0.15) is 0 Å². The first-order valence-electron chi connectivity index (χ1n) is 13.6. The van der Waals surface area contributed by atoms with Gasteiger partial charge in [0.25, 0.3) is 5.91 Å². The molecular formula is C27H43ClN2O6SSi. The van der Waals surface area contributed by atoms with Gasteiger partial charge in [-0.25, -0.2) is 18.1 Å². The number of sulfone groups is 1. The van der Waals surface area contributed by atoms with E-state index in [0.29, 0.717) is 55.7 Å². The molecule has 1 aliphatic carbocycles. The molecule has 3 amide bonds. The van der Waals surface area contributed by atoms with E-state index >= 15 is 0 Å². The molecule has 0 unspecified atom stereocenters. The molecule has 2 aliphatic rings. The van der Waals surface area contributed by atoms with E-state index in [-0.39, 0.29) is 42.6 Å². The summed E-state index contributed by atoms with van der Waals surface area (Å²) in [6.45, 7) is 10.3. The molecule has 2 fully saturated rings. The summed E-state index contributed by atoms with van der Waals surface area (Å²) >= 11 is 6.26. The van der Waals surface area contributed by atoms with Crippen molar-refractivity contribution in [2.45, 2.75) is 70.6 Å². The predicted molar refractivity (Wildman–Crippen MR) is 153 cm³/mol. The van der Waals surface area contributed by atoms with Crippen molar-refractivity contribution < 1.29 is 27.5 Å². The van der Waals surface area contributed by atoms with E-state index in [9.17, 15) is 18.0 Å². The standard InChI is InChI=1S/C27H43ClN2O6SSi/c1-21(23-10-11-24(28)25(16-23)36-18-22-8-9-22)19-37(33,34)14-7-5-6-12-29-17-26(31)30(27(29)32)20-35-13-15-38(2,3)4/h10-11,16,21-22H,5-9,12-15,17-20H2,1-4H3/t21-/m1/s1. The van der Waals surface area contributed by atoms with Crippen LogP contribution in [0.15, 0.2) is 18.2 Å². The lowest BCUT2D eigenvalue weighted by molar-refractivity contribution is -0.128. The quantitative estimate of drug-likeness (QED) is 0.138. The highest BCUT2D eigenvalue weighted by atomic mass is 35.5. The molecular weight excluding hydrogens is 544 g/mol. The van der Waals surface area contributed by atoms with Crippen LogP contribution in [-0.4, -0.2) is 82.8 Å². The number of rotatable bonds is 17. The molecule has 0 radical (unpaired) electrons. The summed E-state index contributed by atoms with van der Waals surface area (Å²) in [5, 5.41) is 0.542. The van der Waals surface area contributed by atoms with Crippen molar-refractivity contribution in [3.63, 3.8) is 0 Å². The first-order chi connectivity index (χ1) is 17.8. The Bertz CT molecular complexity index is 1070. The molecule has 8 nitrogen and oxygen atoms in total. The van der Waals surface area contributed by atoms with Crippen LogP contribution < -0.4 is 4.74 Å². The third kappa shape index (κ3) is 10.2. The van der Waals surface area contributed by atoms with Crippen LogP contribution in [0.2, 0.25) is 30.7 Å². The number of carbonyl (C=O) groups excluding carboxylic acids is 2. The average Bonchev–Trinajstić information content (AvgIpc) is 3.61. The molecule has 38 heavy (non-hydrogen) atoms. The number of amides is 3. The SMILES string of the molecule is C[C@H](CS(=O)(=O)CCCCCN1CC(=O)N(COCC[Si](C)(C)C)C1=O)c1ccc(Cl)c(OCC2CC2)c1. The van der Waals surface area contributed by atoms with Gasteiger partial charge in [-0.1, -0.05) is 50.7 Å². The average molecular weight is 587 g/mol. The van der Waals surface area contributed by atoms with E-state index in [0.717, 1.165) is 16.5 Å². The summed E-state index contributed by atoms with van der Waals surface area (Å²) in [6.07, 6.45) is 4.20. The van der Waals surface area contributed by atoms with Crippen molar-refractivity contribution in [3.05, 3.63) is 28.8 Å². The van der Waals surface area contributed by atoms with Crippen LogP contribution in [0.1, 0.15) is 50.5 Å². The highest BCUT2D eigenvalue weighted by Gasteiger charge is 2.35. The number of ether oxygens (including phenoxy) is 2. The maximum Gasteiger partial charge on any atom is 0.329 e. The maximum atomic E-state index is 12.7. The Morgan fingerprint density at radius 1 is 1.13 bits per heavy atom. The first-order valence-corrected chi connectivity index (χ1v) is 19.5. The number of halogens is 1. The lowest BCUT2D eigenvalue weighted by atomic mass is 10.0. The third-order valence-electron chi connectivity index (χ3n) is 6.93. The number of hydrogen-bond acceptors (Lipinski definition) is 6. The number of nitrogens with zero attached hydrogens (tertiary/aromatic N) is 2. The fourth-order valence-corrected chi connectivity index (χ4v) is 6.91. The van der Waals surface area contributed by atoms with Crippen molar-refractivity contribution >= 4 is 41.5 Å². The number of hydrogen-bond donors (Lipinski definition) is 0. The van der Waals surface area contributed by atoms with Crippen molar-refractivity contribution in [2.24, 2.45) is 5.92 Å². The number of unbranched alkanes of at least 4 members (excludes halogenated alkanes) is 2. The van der Waals surface area contributed by atoms with E-state index in [4.69, 9.17) is 21.1 Å². The number of carbonyl (C=O) groups is 2. The molecule has 3 rings (SSSR count). The summed E-state index contributed by atoms with van der Waals surface area (Å²) in [4.78, 5) is 27.5. The maximum absolute atomic E-state index is 12.7. The largest absolute Gasteiger partial charge is 0.492 e.